The third-order valence-corrected chi connectivity index (χ3v) is 0.686. The first-order valence-corrected chi connectivity index (χ1v) is 4.07. The van der Waals surface area contributed by atoms with Crippen LogP contribution in [0.4, 0.5) is 0 Å². The first kappa shape index (κ1) is 13.3. The van der Waals surface area contributed by atoms with E-state index in [0.29, 0.717) is 0 Å². The van der Waals surface area contributed by atoms with Gasteiger partial charge in [0.05, 0.1) is 0 Å². The summed E-state index contributed by atoms with van der Waals surface area (Å²) in [6.45, 7) is 8.00. The second-order valence-electron chi connectivity index (χ2n) is 1.30. The van der Waals surface area contributed by atoms with Crippen molar-refractivity contribution in [2.75, 3.05) is 0 Å². The third-order valence-electron chi connectivity index (χ3n) is 0.686. The monoisotopic (exact) mass is 172 g/mol. The molecule has 1 heterocycles. The van der Waals surface area contributed by atoms with Crippen molar-refractivity contribution in [3.05, 3.63) is 33.1 Å². The molecule has 1 aromatic rings. The number of nitrogens with one attached hydrogen (secondary N) is 2. The fourth-order valence-corrected chi connectivity index (χ4v) is 0.383. The fourth-order valence-electron chi connectivity index (χ4n) is 0.383. The highest BCUT2D eigenvalue weighted by Gasteiger charge is 1.77. The van der Waals surface area contributed by atoms with Crippen LogP contribution in [0.3, 0.4) is 0 Å². The van der Waals surface area contributed by atoms with Crippen molar-refractivity contribution in [2.24, 2.45) is 0 Å². The molecule has 12 heavy (non-hydrogen) atoms. The summed E-state index contributed by atoms with van der Waals surface area (Å²) in [4.78, 5) is 24.7. The Hall–Kier alpha value is -1.32. The summed E-state index contributed by atoms with van der Waals surface area (Å²) in [5.74, 6) is 0. The highest BCUT2D eigenvalue weighted by atomic mass is 16.2. The largest absolute Gasteiger partial charge is 0.325 e. The SMILES string of the molecule is CC.CC.O=c1cc[nH]c(=O)[nH]1. The zero-order chi connectivity index (χ0) is 9.98. The molecule has 0 radical (unpaired) electrons. The lowest BCUT2D eigenvalue weighted by Gasteiger charge is -1.75. The Morgan fingerprint density at radius 1 is 1.08 bits per heavy atom. The summed E-state index contributed by atoms with van der Waals surface area (Å²) in [5, 5.41) is 0. The highest BCUT2D eigenvalue weighted by molar-refractivity contribution is 4.77. The quantitative estimate of drug-likeness (QED) is 0.615. The number of hydrogen-bond donors (Lipinski definition) is 2. The van der Waals surface area contributed by atoms with Crippen LogP contribution in [0.2, 0.25) is 0 Å². The van der Waals surface area contributed by atoms with Gasteiger partial charge in [0.2, 0.25) is 0 Å². The summed E-state index contributed by atoms with van der Waals surface area (Å²) in [7, 11) is 0. The van der Waals surface area contributed by atoms with Crippen LogP contribution < -0.4 is 11.2 Å². The van der Waals surface area contributed by atoms with Gasteiger partial charge in [-0.15, -0.1) is 0 Å². The molecular formula is C8H16N2O2. The topological polar surface area (TPSA) is 65.7 Å². The summed E-state index contributed by atoms with van der Waals surface area (Å²) in [6.07, 6.45) is 1.29. The van der Waals surface area contributed by atoms with E-state index in [-0.39, 0.29) is 5.56 Å². The lowest BCUT2D eigenvalue weighted by Crippen LogP contribution is -2.19. The molecule has 0 fully saturated rings. The predicted octanol–water partition coefficient (Wildman–Crippen LogP) is 1.12. The van der Waals surface area contributed by atoms with Crippen molar-refractivity contribution in [1.29, 1.82) is 0 Å². The first-order valence-electron chi connectivity index (χ1n) is 4.07. The summed E-state index contributed by atoms with van der Waals surface area (Å²) in [5.41, 5.74) is -0.855. The third kappa shape index (κ3) is 6.80. The molecule has 70 valence electrons. The zero-order valence-corrected chi connectivity index (χ0v) is 7.97. The summed E-state index contributed by atoms with van der Waals surface area (Å²) in [6, 6.07) is 1.24. The van der Waals surface area contributed by atoms with Gasteiger partial charge in [-0.3, -0.25) is 9.78 Å². The molecule has 0 aliphatic heterocycles. The van der Waals surface area contributed by atoms with Crippen LogP contribution in [0, 0.1) is 0 Å². The van der Waals surface area contributed by atoms with E-state index in [1.807, 2.05) is 32.7 Å². The van der Waals surface area contributed by atoms with E-state index in [1.165, 1.54) is 12.3 Å². The number of aromatic amines is 2. The maximum Gasteiger partial charge on any atom is 0.325 e. The minimum absolute atomic E-state index is 0.381. The molecular weight excluding hydrogens is 156 g/mol. The van der Waals surface area contributed by atoms with Crippen molar-refractivity contribution >= 4 is 0 Å². The summed E-state index contributed by atoms with van der Waals surface area (Å²) >= 11 is 0. The molecule has 0 saturated heterocycles. The molecule has 0 amide bonds. The van der Waals surface area contributed by atoms with Crippen LogP contribution in [0.25, 0.3) is 0 Å². The van der Waals surface area contributed by atoms with Crippen LogP contribution in [0.1, 0.15) is 27.7 Å². The van der Waals surface area contributed by atoms with Crippen LogP contribution in [0.15, 0.2) is 21.9 Å². The second-order valence-corrected chi connectivity index (χ2v) is 1.30. The van der Waals surface area contributed by atoms with Crippen molar-refractivity contribution in [3.8, 4) is 0 Å². The molecule has 0 aliphatic rings. The lowest BCUT2D eigenvalue weighted by molar-refractivity contribution is 1.04. The number of H-pyrrole nitrogens is 2. The predicted molar refractivity (Wildman–Crippen MR) is 50.4 cm³/mol. The van der Waals surface area contributed by atoms with Gasteiger partial charge in [0.25, 0.3) is 5.56 Å². The van der Waals surface area contributed by atoms with Gasteiger partial charge in [-0.05, 0) is 0 Å². The Kier molecular flexibility index (Phi) is 10.7. The molecule has 0 atom stereocenters. The lowest BCUT2D eigenvalue weighted by atomic mass is 10.7. The van der Waals surface area contributed by atoms with Gasteiger partial charge < -0.3 is 4.98 Å². The number of rotatable bonds is 0. The van der Waals surface area contributed by atoms with E-state index in [0.717, 1.165) is 0 Å². The van der Waals surface area contributed by atoms with Gasteiger partial charge in [-0.2, -0.15) is 0 Å². The maximum absolute atomic E-state index is 10.2. The Balaban J connectivity index is 0. The summed E-state index contributed by atoms with van der Waals surface area (Å²) < 4.78 is 0. The van der Waals surface area contributed by atoms with E-state index in [2.05, 4.69) is 4.98 Å². The smallest absolute Gasteiger partial charge is 0.314 e. The Labute approximate surface area is 71.7 Å². The number of hydrogen-bond acceptors (Lipinski definition) is 2. The average Bonchev–Trinajstić information content (AvgIpc) is 2.11. The van der Waals surface area contributed by atoms with E-state index >= 15 is 0 Å². The van der Waals surface area contributed by atoms with Gasteiger partial charge in [0.1, 0.15) is 0 Å². The molecule has 1 aromatic heterocycles. The Morgan fingerprint density at radius 3 is 1.83 bits per heavy atom. The molecule has 1 rings (SSSR count). The van der Waals surface area contributed by atoms with Crippen molar-refractivity contribution < 1.29 is 0 Å². The fraction of sp³-hybridized carbons (Fsp3) is 0.500. The van der Waals surface area contributed by atoms with Crippen LogP contribution in [-0.4, -0.2) is 9.97 Å². The molecule has 0 aliphatic carbocycles. The van der Waals surface area contributed by atoms with E-state index in [1.54, 1.807) is 0 Å². The first-order chi connectivity index (χ1) is 5.79. The van der Waals surface area contributed by atoms with Gasteiger partial charge in [-0.25, -0.2) is 4.79 Å². The molecule has 2 N–H and O–H groups in total. The Morgan fingerprint density at radius 2 is 1.58 bits per heavy atom. The van der Waals surface area contributed by atoms with E-state index in [9.17, 15) is 9.59 Å². The van der Waals surface area contributed by atoms with Gasteiger partial charge in [0.15, 0.2) is 0 Å². The van der Waals surface area contributed by atoms with Crippen molar-refractivity contribution in [2.45, 2.75) is 27.7 Å². The molecule has 4 nitrogen and oxygen atoms in total. The molecule has 0 unspecified atom stereocenters. The van der Waals surface area contributed by atoms with Crippen LogP contribution in [-0.2, 0) is 0 Å². The number of aromatic nitrogens is 2. The average molecular weight is 172 g/mol. The normalized spacial score (nSPS) is 7.00. The van der Waals surface area contributed by atoms with Gasteiger partial charge in [0, 0.05) is 12.3 Å². The van der Waals surface area contributed by atoms with Crippen molar-refractivity contribution in [3.63, 3.8) is 0 Å². The molecule has 0 spiro atoms. The van der Waals surface area contributed by atoms with E-state index < -0.39 is 5.69 Å². The molecule has 0 bridgehead atoms. The van der Waals surface area contributed by atoms with Gasteiger partial charge >= 0.3 is 5.69 Å². The minimum Gasteiger partial charge on any atom is -0.314 e. The van der Waals surface area contributed by atoms with Crippen LogP contribution in [0.5, 0.6) is 0 Å². The molecule has 4 heteroatoms. The minimum atomic E-state index is -0.475. The standard InChI is InChI=1S/C4H4N2O2.2C2H6/c7-3-1-2-5-4(8)6-3;2*1-2/h1-2H,(H2,5,6,7,8);2*1-2H3. The van der Waals surface area contributed by atoms with Gasteiger partial charge in [-0.1, -0.05) is 27.7 Å². The second kappa shape index (κ2) is 9.68. The molecule has 0 saturated carbocycles. The van der Waals surface area contributed by atoms with Crippen LogP contribution >= 0.6 is 0 Å². The zero-order valence-electron chi connectivity index (χ0n) is 7.97. The van der Waals surface area contributed by atoms with Crippen molar-refractivity contribution in [1.82, 2.24) is 9.97 Å². The molecule has 0 aromatic carbocycles. The Bertz CT molecular complexity index is 249. The highest BCUT2D eigenvalue weighted by Crippen LogP contribution is 1.51. The van der Waals surface area contributed by atoms with E-state index in [4.69, 9.17) is 0 Å². The maximum atomic E-state index is 10.2.